The smallest absolute Gasteiger partial charge is 0.257 e. The Balaban J connectivity index is 1.64. The summed E-state index contributed by atoms with van der Waals surface area (Å²) in [4.78, 5) is 11.9. The summed E-state index contributed by atoms with van der Waals surface area (Å²) < 4.78 is 7.42. The van der Waals surface area contributed by atoms with Gasteiger partial charge in [-0.3, -0.25) is 9.48 Å². The number of ether oxygens (including phenoxy) is 1. The molecule has 2 atom stereocenters. The standard InChI is InChI=1S/C27H40N4O2/c1-8-23-12-14-24(15-13-23)33-19-26(32)28-16-10-9-11-17-31-18-25(29-30-31)27(6,7)22(5)21(4)20(2)3/h1,12-15,18,20-22H,9-11,16-17,19H2,2-7H3,(H,28,32). The molecule has 180 valence electrons. The highest BCUT2D eigenvalue weighted by atomic mass is 16.5. The molecular weight excluding hydrogens is 412 g/mol. The van der Waals surface area contributed by atoms with Crippen molar-refractivity contribution in [3.63, 3.8) is 0 Å². The van der Waals surface area contributed by atoms with Crippen molar-refractivity contribution in [2.75, 3.05) is 13.2 Å². The number of nitrogens with zero attached hydrogens (tertiary/aromatic N) is 3. The summed E-state index contributed by atoms with van der Waals surface area (Å²) in [6, 6.07) is 7.12. The first-order valence-corrected chi connectivity index (χ1v) is 12.0. The van der Waals surface area contributed by atoms with Gasteiger partial charge in [-0.05, 0) is 61.3 Å². The van der Waals surface area contributed by atoms with Crippen LogP contribution in [-0.2, 0) is 16.8 Å². The van der Waals surface area contributed by atoms with E-state index in [-0.39, 0.29) is 17.9 Å². The molecule has 0 bridgehead atoms. The van der Waals surface area contributed by atoms with E-state index in [9.17, 15) is 4.79 Å². The Hall–Kier alpha value is -2.81. The third-order valence-corrected chi connectivity index (χ3v) is 6.95. The Morgan fingerprint density at radius 1 is 1.15 bits per heavy atom. The lowest BCUT2D eigenvalue weighted by Crippen LogP contribution is -2.33. The van der Waals surface area contributed by atoms with Gasteiger partial charge in [-0.25, -0.2) is 0 Å². The second kappa shape index (κ2) is 12.4. The molecule has 0 fully saturated rings. The van der Waals surface area contributed by atoms with E-state index < -0.39 is 0 Å². The van der Waals surface area contributed by atoms with Crippen LogP contribution in [-0.4, -0.2) is 34.1 Å². The number of aryl methyl sites for hydroxylation is 1. The summed E-state index contributed by atoms with van der Waals surface area (Å²) in [5.74, 6) is 4.82. The first-order chi connectivity index (χ1) is 15.6. The fourth-order valence-corrected chi connectivity index (χ4v) is 3.82. The highest BCUT2D eigenvalue weighted by Gasteiger charge is 2.35. The molecule has 1 aromatic carbocycles. The number of aromatic nitrogens is 3. The van der Waals surface area contributed by atoms with Crippen LogP contribution in [0.5, 0.6) is 5.75 Å². The molecule has 6 heteroatoms. The maximum Gasteiger partial charge on any atom is 0.257 e. The number of rotatable bonds is 13. The van der Waals surface area contributed by atoms with Crippen molar-refractivity contribution in [1.82, 2.24) is 20.3 Å². The van der Waals surface area contributed by atoms with Crippen molar-refractivity contribution in [3.8, 4) is 18.1 Å². The molecule has 0 aliphatic heterocycles. The van der Waals surface area contributed by atoms with E-state index in [4.69, 9.17) is 11.2 Å². The number of carbonyl (C=O) groups is 1. The molecule has 2 unspecified atom stereocenters. The Bertz CT molecular complexity index is 909. The van der Waals surface area contributed by atoms with Crippen LogP contribution in [0.15, 0.2) is 30.5 Å². The number of hydrogen-bond acceptors (Lipinski definition) is 4. The van der Waals surface area contributed by atoms with Crippen LogP contribution in [0.3, 0.4) is 0 Å². The number of nitrogens with one attached hydrogen (secondary N) is 1. The summed E-state index contributed by atoms with van der Waals surface area (Å²) in [6.07, 6.45) is 10.3. The summed E-state index contributed by atoms with van der Waals surface area (Å²) in [5, 5.41) is 11.7. The van der Waals surface area contributed by atoms with E-state index in [0.29, 0.717) is 30.0 Å². The van der Waals surface area contributed by atoms with Crippen LogP contribution in [0.25, 0.3) is 0 Å². The number of amides is 1. The number of carbonyl (C=O) groups excluding carboxylic acids is 1. The van der Waals surface area contributed by atoms with E-state index in [1.807, 2.05) is 4.68 Å². The highest BCUT2D eigenvalue weighted by Crippen LogP contribution is 2.37. The minimum atomic E-state index is -0.121. The molecule has 1 heterocycles. The Labute approximate surface area is 199 Å². The summed E-state index contributed by atoms with van der Waals surface area (Å²) >= 11 is 0. The van der Waals surface area contributed by atoms with Crippen molar-refractivity contribution in [2.45, 2.75) is 72.8 Å². The van der Waals surface area contributed by atoms with Crippen LogP contribution in [0.2, 0.25) is 0 Å². The van der Waals surface area contributed by atoms with Crippen molar-refractivity contribution in [3.05, 3.63) is 41.7 Å². The predicted octanol–water partition coefficient (Wildman–Crippen LogP) is 4.83. The van der Waals surface area contributed by atoms with Gasteiger partial charge in [-0.1, -0.05) is 52.7 Å². The molecule has 1 aromatic heterocycles. The van der Waals surface area contributed by atoms with Crippen molar-refractivity contribution in [2.24, 2.45) is 17.8 Å². The zero-order valence-corrected chi connectivity index (χ0v) is 21.1. The van der Waals surface area contributed by atoms with Gasteiger partial charge in [0.25, 0.3) is 5.91 Å². The molecule has 2 aromatic rings. The average Bonchev–Trinajstić information content (AvgIpc) is 3.29. The quantitative estimate of drug-likeness (QED) is 0.349. The van der Waals surface area contributed by atoms with Crippen LogP contribution in [0.4, 0.5) is 0 Å². The second-order valence-electron chi connectivity index (χ2n) is 9.85. The monoisotopic (exact) mass is 452 g/mol. The van der Waals surface area contributed by atoms with Gasteiger partial charge in [0, 0.05) is 30.3 Å². The first-order valence-electron chi connectivity index (χ1n) is 12.0. The lowest BCUT2D eigenvalue weighted by atomic mass is 9.69. The summed E-state index contributed by atoms with van der Waals surface area (Å²) in [6.45, 7) is 15.2. The van der Waals surface area contributed by atoms with Crippen LogP contribution >= 0.6 is 0 Å². The number of unbranched alkanes of at least 4 members (excludes halogenated alkanes) is 2. The van der Waals surface area contributed by atoms with Gasteiger partial charge < -0.3 is 10.1 Å². The molecule has 0 aliphatic carbocycles. The number of hydrogen-bond donors (Lipinski definition) is 1. The van der Waals surface area contributed by atoms with Crippen LogP contribution in [0.1, 0.15) is 72.1 Å². The molecular formula is C27H40N4O2. The summed E-state index contributed by atoms with van der Waals surface area (Å²) in [7, 11) is 0. The highest BCUT2D eigenvalue weighted by molar-refractivity contribution is 5.77. The Kier molecular flexibility index (Phi) is 9.96. The van der Waals surface area contributed by atoms with Crippen molar-refractivity contribution in [1.29, 1.82) is 0 Å². The zero-order valence-electron chi connectivity index (χ0n) is 21.1. The normalized spacial score (nSPS) is 13.4. The molecule has 1 amide bonds. The lowest BCUT2D eigenvalue weighted by molar-refractivity contribution is -0.123. The largest absolute Gasteiger partial charge is 0.484 e. The van der Waals surface area contributed by atoms with E-state index in [1.54, 1.807) is 24.3 Å². The minimum absolute atomic E-state index is 0.000762. The first kappa shape index (κ1) is 26.4. The minimum Gasteiger partial charge on any atom is -0.484 e. The number of benzene rings is 1. The fourth-order valence-electron chi connectivity index (χ4n) is 3.82. The van der Waals surface area contributed by atoms with Crippen molar-refractivity contribution >= 4 is 5.91 Å². The molecule has 0 spiro atoms. The molecule has 0 saturated heterocycles. The molecule has 1 N–H and O–H groups in total. The molecule has 2 rings (SSSR count). The van der Waals surface area contributed by atoms with Gasteiger partial charge in [-0.15, -0.1) is 11.5 Å². The third-order valence-electron chi connectivity index (χ3n) is 6.95. The van der Waals surface area contributed by atoms with E-state index in [1.165, 1.54) is 0 Å². The molecule has 0 saturated carbocycles. The summed E-state index contributed by atoms with van der Waals surface area (Å²) in [5.41, 5.74) is 1.83. The third kappa shape index (κ3) is 7.92. The topological polar surface area (TPSA) is 69.0 Å². The van der Waals surface area contributed by atoms with Crippen LogP contribution < -0.4 is 10.1 Å². The second-order valence-corrected chi connectivity index (χ2v) is 9.85. The van der Waals surface area contributed by atoms with Gasteiger partial charge in [0.2, 0.25) is 0 Å². The fraction of sp³-hybridized carbons (Fsp3) is 0.593. The van der Waals surface area contributed by atoms with Gasteiger partial charge in [0.05, 0.1) is 5.69 Å². The Morgan fingerprint density at radius 2 is 1.85 bits per heavy atom. The van der Waals surface area contributed by atoms with E-state index in [0.717, 1.165) is 37.1 Å². The molecule has 6 nitrogen and oxygen atoms in total. The molecule has 0 radical (unpaired) electrons. The zero-order chi connectivity index (χ0) is 24.4. The van der Waals surface area contributed by atoms with Gasteiger partial charge in [0.15, 0.2) is 6.61 Å². The average molecular weight is 453 g/mol. The molecule has 0 aliphatic rings. The number of terminal acetylenes is 1. The van der Waals surface area contributed by atoms with E-state index >= 15 is 0 Å². The maximum absolute atomic E-state index is 11.9. The van der Waals surface area contributed by atoms with Gasteiger partial charge in [-0.2, -0.15) is 0 Å². The van der Waals surface area contributed by atoms with Crippen LogP contribution in [0, 0.1) is 30.1 Å². The SMILES string of the molecule is C#Cc1ccc(OCC(=O)NCCCCCn2cc(C(C)(C)C(C)C(C)C(C)C)nn2)cc1. The van der Waals surface area contributed by atoms with Crippen molar-refractivity contribution < 1.29 is 9.53 Å². The maximum atomic E-state index is 11.9. The Morgan fingerprint density at radius 3 is 2.48 bits per heavy atom. The van der Waals surface area contributed by atoms with Gasteiger partial charge >= 0.3 is 0 Å². The predicted molar refractivity (Wildman–Crippen MR) is 133 cm³/mol. The lowest BCUT2D eigenvalue weighted by Gasteiger charge is -2.36. The van der Waals surface area contributed by atoms with E-state index in [2.05, 4.69) is 69.3 Å². The van der Waals surface area contributed by atoms with Gasteiger partial charge in [0.1, 0.15) is 5.75 Å². The molecule has 33 heavy (non-hydrogen) atoms.